The van der Waals surface area contributed by atoms with Crippen molar-refractivity contribution in [1.82, 2.24) is 0 Å². The molecule has 1 aromatic rings. The Hall–Kier alpha value is -1.55. The maximum absolute atomic E-state index is 4.19. The molecule has 0 unspecified atom stereocenters. The maximum atomic E-state index is 4.19. The van der Waals surface area contributed by atoms with E-state index in [1.165, 1.54) is 11.1 Å². The lowest BCUT2D eigenvalue weighted by Crippen LogP contribution is -1.86. The summed E-state index contributed by atoms with van der Waals surface area (Å²) in [7, 11) is 0. The van der Waals surface area contributed by atoms with Crippen molar-refractivity contribution >= 4 is 6.21 Å². The smallest absolute Gasteiger partial charge is 0.0997 e. The molecule has 1 nitrogen and oxygen atoms in total. The topological polar surface area (TPSA) is 12.4 Å². The van der Waals surface area contributed by atoms with Gasteiger partial charge in [-0.3, -0.25) is 4.99 Å². The van der Waals surface area contributed by atoms with Crippen molar-refractivity contribution in [2.45, 2.75) is 13.8 Å². The lowest BCUT2D eigenvalue weighted by molar-refractivity contribution is 1.29. The van der Waals surface area contributed by atoms with Crippen molar-refractivity contribution < 1.29 is 0 Å². The Morgan fingerprint density at radius 1 is 1.38 bits per heavy atom. The minimum atomic E-state index is 0.588. The molecule has 1 aromatic carbocycles. The van der Waals surface area contributed by atoms with Crippen LogP contribution in [0.2, 0.25) is 0 Å². The van der Waals surface area contributed by atoms with Crippen molar-refractivity contribution in [3.63, 3.8) is 0 Å². The number of benzene rings is 1. The molecule has 0 spiro atoms. The van der Waals surface area contributed by atoms with Gasteiger partial charge in [-0.25, -0.2) is 0 Å². The minimum Gasteiger partial charge on any atom is -0.280 e. The number of hydrogen-bond acceptors (Lipinski definition) is 1. The van der Waals surface area contributed by atoms with Crippen LogP contribution in [-0.4, -0.2) is 12.8 Å². The Labute approximate surface area is 79.5 Å². The van der Waals surface area contributed by atoms with Gasteiger partial charge in [0.1, 0.15) is 0 Å². The largest absolute Gasteiger partial charge is 0.280 e. The van der Waals surface area contributed by atoms with E-state index < -0.39 is 0 Å². The van der Waals surface area contributed by atoms with E-state index in [4.69, 9.17) is 0 Å². The van der Waals surface area contributed by atoms with Gasteiger partial charge in [0.05, 0.1) is 6.54 Å². The van der Waals surface area contributed by atoms with E-state index in [0.717, 1.165) is 0 Å². The van der Waals surface area contributed by atoms with E-state index in [0.29, 0.717) is 6.54 Å². The van der Waals surface area contributed by atoms with Gasteiger partial charge < -0.3 is 0 Å². The average molecular weight is 171 g/mol. The molecule has 0 amide bonds. The van der Waals surface area contributed by atoms with Crippen LogP contribution >= 0.6 is 0 Å². The highest BCUT2D eigenvalue weighted by Crippen LogP contribution is 2.03. The van der Waals surface area contributed by atoms with Crippen LogP contribution in [0.4, 0.5) is 0 Å². The van der Waals surface area contributed by atoms with E-state index in [1.54, 1.807) is 0 Å². The fourth-order valence-corrected chi connectivity index (χ4v) is 1.00. The fourth-order valence-electron chi connectivity index (χ4n) is 1.00. The van der Waals surface area contributed by atoms with Crippen LogP contribution in [0.15, 0.2) is 29.3 Å². The normalized spacial score (nSPS) is 9.69. The fraction of sp³-hybridized carbons (Fsp3) is 0.250. The van der Waals surface area contributed by atoms with Crippen LogP contribution in [-0.2, 0) is 0 Å². The number of rotatable bonds is 2. The molecule has 0 bridgehead atoms. The number of aryl methyl sites for hydroxylation is 1. The van der Waals surface area contributed by atoms with Gasteiger partial charge in [-0.15, -0.1) is 5.92 Å². The Morgan fingerprint density at radius 2 is 2.15 bits per heavy atom. The number of hydrogen-bond donors (Lipinski definition) is 0. The van der Waals surface area contributed by atoms with Gasteiger partial charge in [-0.05, 0) is 25.0 Å². The molecule has 0 aliphatic carbocycles. The van der Waals surface area contributed by atoms with E-state index in [2.05, 4.69) is 35.9 Å². The molecule has 0 radical (unpaired) electrons. The van der Waals surface area contributed by atoms with Crippen LogP contribution < -0.4 is 0 Å². The molecule has 0 aliphatic rings. The van der Waals surface area contributed by atoms with Crippen LogP contribution in [0.1, 0.15) is 18.1 Å². The summed E-state index contributed by atoms with van der Waals surface area (Å²) in [6.45, 7) is 4.49. The molecule has 13 heavy (non-hydrogen) atoms. The van der Waals surface area contributed by atoms with Crippen LogP contribution in [0, 0.1) is 18.8 Å². The Morgan fingerprint density at radius 3 is 2.85 bits per heavy atom. The predicted octanol–water partition coefficient (Wildman–Crippen LogP) is 2.44. The molecule has 0 atom stereocenters. The van der Waals surface area contributed by atoms with Gasteiger partial charge in [-0.2, -0.15) is 0 Å². The first-order chi connectivity index (χ1) is 6.34. The monoisotopic (exact) mass is 171 g/mol. The number of aliphatic imine (C=N–C) groups is 1. The van der Waals surface area contributed by atoms with E-state index >= 15 is 0 Å². The molecule has 0 saturated carbocycles. The molecule has 1 rings (SSSR count). The first-order valence-electron chi connectivity index (χ1n) is 4.29. The van der Waals surface area contributed by atoms with Gasteiger partial charge in [0.2, 0.25) is 0 Å². The molecule has 66 valence electrons. The van der Waals surface area contributed by atoms with Gasteiger partial charge in [0.25, 0.3) is 0 Å². The third-order valence-electron chi connectivity index (χ3n) is 1.77. The average Bonchev–Trinajstić information content (AvgIpc) is 2.15. The maximum Gasteiger partial charge on any atom is 0.0997 e. The number of nitrogens with zero attached hydrogens (tertiary/aromatic N) is 1. The van der Waals surface area contributed by atoms with Crippen molar-refractivity contribution in [1.29, 1.82) is 0 Å². The highest BCUT2D eigenvalue weighted by atomic mass is 14.7. The lowest BCUT2D eigenvalue weighted by atomic mass is 10.1. The molecule has 0 N–H and O–H groups in total. The van der Waals surface area contributed by atoms with Crippen LogP contribution in [0.3, 0.4) is 0 Å². The summed E-state index contributed by atoms with van der Waals surface area (Å²) in [5, 5.41) is 0. The third kappa shape index (κ3) is 3.13. The summed E-state index contributed by atoms with van der Waals surface area (Å²) in [4.78, 5) is 4.19. The predicted molar refractivity (Wildman–Crippen MR) is 57.1 cm³/mol. The minimum absolute atomic E-state index is 0.588. The first-order valence-corrected chi connectivity index (χ1v) is 4.29. The summed E-state index contributed by atoms with van der Waals surface area (Å²) in [5.74, 6) is 5.69. The summed E-state index contributed by atoms with van der Waals surface area (Å²) < 4.78 is 0. The Bertz CT molecular complexity index is 353. The molecular formula is C12H13N. The van der Waals surface area contributed by atoms with Gasteiger partial charge in [0, 0.05) is 6.21 Å². The van der Waals surface area contributed by atoms with Gasteiger partial charge >= 0.3 is 0 Å². The van der Waals surface area contributed by atoms with Crippen molar-refractivity contribution in [2.24, 2.45) is 4.99 Å². The molecule has 0 aromatic heterocycles. The highest BCUT2D eigenvalue weighted by Gasteiger charge is 1.89. The van der Waals surface area contributed by atoms with E-state index in [-0.39, 0.29) is 0 Å². The van der Waals surface area contributed by atoms with E-state index in [9.17, 15) is 0 Å². The van der Waals surface area contributed by atoms with Crippen molar-refractivity contribution in [2.75, 3.05) is 6.54 Å². The van der Waals surface area contributed by atoms with Crippen molar-refractivity contribution in [3.8, 4) is 11.8 Å². The van der Waals surface area contributed by atoms with Crippen LogP contribution in [0.25, 0.3) is 0 Å². The van der Waals surface area contributed by atoms with Gasteiger partial charge in [-0.1, -0.05) is 30.2 Å². The quantitative estimate of drug-likeness (QED) is 0.478. The zero-order valence-electron chi connectivity index (χ0n) is 8.04. The standard InChI is InChI=1S/C12H13N/c1-3-4-9-13-10-12-8-6-5-7-11(12)2/h5-8,10H,9H2,1-2H3/b13-10+. The summed E-state index contributed by atoms with van der Waals surface area (Å²) >= 11 is 0. The third-order valence-corrected chi connectivity index (χ3v) is 1.77. The first kappa shape index (κ1) is 9.54. The SMILES string of the molecule is CC#CC/N=C/c1ccccc1C. The van der Waals surface area contributed by atoms with Crippen LogP contribution in [0.5, 0.6) is 0 Å². The highest BCUT2D eigenvalue weighted by molar-refractivity contribution is 5.81. The summed E-state index contributed by atoms with van der Waals surface area (Å²) in [6.07, 6.45) is 1.87. The second kappa shape index (κ2) is 5.16. The molecule has 0 heterocycles. The zero-order chi connectivity index (χ0) is 9.52. The molecule has 0 aliphatic heterocycles. The van der Waals surface area contributed by atoms with E-state index in [1.807, 2.05) is 25.3 Å². The Kier molecular flexibility index (Phi) is 3.78. The second-order valence-corrected chi connectivity index (χ2v) is 2.75. The zero-order valence-corrected chi connectivity index (χ0v) is 8.04. The molecule has 0 fully saturated rings. The Balaban J connectivity index is 2.67. The summed E-state index contributed by atoms with van der Waals surface area (Å²) in [6, 6.07) is 8.17. The second-order valence-electron chi connectivity index (χ2n) is 2.75. The lowest BCUT2D eigenvalue weighted by Gasteiger charge is -1.96. The van der Waals surface area contributed by atoms with Crippen molar-refractivity contribution in [3.05, 3.63) is 35.4 Å². The molecular weight excluding hydrogens is 158 g/mol. The molecule has 0 saturated heterocycles. The molecule has 1 heteroatoms. The van der Waals surface area contributed by atoms with Gasteiger partial charge in [0.15, 0.2) is 0 Å². The summed E-state index contributed by atoms with van der Waals surface area (Å²) in [5.41, 5.74) is 2.41.